The Bertz CT molecular complexity index is 492. The van der Waals surface area contributed by atoms with Crippen molar-refractivity contribution in [3.8, 4) is 0 Å². The maximum atomic E-state index is 12.9. The number of hydrogen-bond acceptors (Lipinski definition) is 4. The third-order valence-corrected chi connectivity index (χ3v) is 2.86. The molecule has 8 heteroatoms. The predicted octanol–water partition coefficient (Wildman–Crippen LogP) is 0.762. The molecule has 0 bridgehead atoms. The topological polar surface area (TPSA) is 98.2 Å². The maximum Gasteiger partial charge on any atom is 0.210 e. The Morgan fingerprint density at radius 1 is 1.44 bits per heavy atom. The molecule has 0 aliphatic rings. The van der Waals surface area contributed by atoms with Crippen LogP contribution in [0.3, 0.4) is 0 Å². The first-order valence-corrected chi connectivity index (χ1v) is 6.38. The number of benzene rings is 1. The Balaban J connectivity index is 2.71. The first-order chi connectivity index (χ1) is 7.29. The Morgan fingerprint density at radius 3 is 2.62 bits per heavy atom. The second kappa shape index (κ2) is 4.86. The number of halogens is 2. The van der Waals surface area contributed by atoms with E-state index in [-0.39, 0.29) is 23.0 Å². The van der Waals surface area contributed by atoms with E-state index < -0.39 is 15.8 Å². The third kappa shape index (κ3) is 3.84. The minimum absolute atomic E-state index is 0.0744. The van der Waals surface area contributed by atoms with Crippen LogP contribution in [0.25, 0.3) is 0 Å². The Morgan fingerprint density at radius 2 is 2.06 bits per heavy atom. The SMILES string of the molecule is Nc1cc(F)c(Cl)cc1NCCS(N)(=O)=O. The summed E-state index contributed by atoms with van der Waals surface area (Å²) in [4.78, 5) is 0. The van der Waals surface area contributed by atoms with Crippen molar-refractivity contribution in [3.05, 3.63) is 23.0 Å². The van der Waals surface area contributed by atoms with Crippen molar-refractivity contribution in [3.63, 3.8) is 0 Å². The summed E-state index contributed by atoms with van der Waals surface area (Å²) in [6, 6.07) is 2.34. The number of rotatable bonds is 4. The van der Waals surface area contributed by atoms with Crippen molar-refractivity contribution < 1.29 is 12.8 Å². The summed E-state index contributed by atoms with van der Waals surface area (Å²) in [5.41, 5.74) is 6.02. The second-order valence-electron chi connectivity index (χ2n) is 3.15. The average molecular weight is 268 g/mol. The molecular formula is C8H11ClFN3O2S. The molecule has 0 unspecified atom stereocenters. The summed E-state index contributed by atoms with van der Waals surface area (Å²) >= 11 is 5.54. The standard InChI is InChI=1S/C8H11ClFN3O2S/c9-5-3-8(7(11)4-6(5)10)13-1-2-16(12,14)15/h3-4,13H,1-2,11H2,(H2,12,14,15). The zero-order valence-corrected chi connectivity index (χ0v) is 9.78. The summed E-state index contributed by atoms with van der Waals surface area (Å²) < 4.78 is 34.2. The lowest BCUT2D eigenvalue weighted by Gasteiger charge is -2.09. The quantitative estimate of drug-likeness (QED) is 0.702. The number of nitrogens with one attached hydrogen (secondary N) is 1. The lowest BCUT2D eigenvalue weighted by molar-refractivity contribution is 0.598. The summed E-state index contributed by atoms with van der Waals surface area (Å²) in [6.45, 7) is 0.0744. The van der Waals surface area contributed by atoms with Crippen molar-refractivity contribution in [2.45, 2.75) is 0 Å². The second-order valence-corrected chi connectivity index (χ2v) is 5.29. The molecule has 0 spiro atoms. The lowest BCUT2D eigenvalue weighted by Crippen LogP contribution is -2.22. The number of hydrogen-bond donors (Lipinski definition) is 3. The molecule has 1 rings (SSSR count). The Hall–Kier alpha value is -1.05. The van der Waals surface area contributed by atoms with E-state index >= 15 is 0 Å². The molecule has 5 nitrogen and oxygen atoms in total. The van der Waals surface area contributed by atoms with Gasteiger partial charge in [-0.1, -0.05) is 11.6 Å². The minimum atomic E-state index is -3.54. The van der Waals surface area contributed by atoms with Gasteiger partial charge in [0, 0.05) is 12.6 Å². The van der Waals surface area contributed by atoms with Gasteiger partial charge in [0.2, 0.25) is 10.0 Å². The molecule has 5 N–H and O–H groups in total. The Kier molecular flexibility index (Phi) is 3.95. The lowest BCUT2D eigenvalue weighted by atomic mass is 10.2. The molecule has 0 aromatic heterocycles. The van der Waals surface area contributed by atoms with Crippen LogP contribution in [0, 0.1) is 5.82 Å². The predicted molar refractivity (Wildman–Crippen MR) is 62.3 cm³/mol. The van der Waals surface area contributed by atoms with Gasteiger partial charge in [-0.05, 0) is 6.07 Å². The molecule has 0 atom stereocenters. The fourth-order valence-electron chi connectivity index (χ4n) is 1.04. The van der Waals surface area contributed by atoms with Crippen LogP contribution >= 0.6 is 11.6 Å². The van der Waals surface area contributed by atoms with Crippen molar-refractivity contribution in [2.75, 3.05) is 23.3 Å². The van der Waals surface area contributed by atoms with E-state index in [2.05, 4.69) is 5.32 Å². The molecule has 0 aliphatic heterocycles. The number of anilines is 2. The summed E-state index contributed by atoms with van der Waals surface area (Å²) in [5.74, 6) is -0.877. The zero-order chi connectivity index (χ0) is 12.3. The van der Waals surface area contributed by atoms with Gasteiger partial charge >= 0.3 is 0 Å². The van der Waals surface area contributed by atoms with Crippen LogP contribution in [0.1, 0.15) is 0 Å². The van der Waals surface area contributed by atoms with Crippen LogP contribution in [0.2, 0.25) is 5.02 Å². The molecule has 0 saturated carbocycles. The fourth-order valence-corrected chi connectivity index (χ4v) is 1.59. The molecule has 0 aliphatic carbocycles. The van der Waals surface area contributed by atoms with Gasteiger partial charge in [0.1, 0.15) is 5.82 Å². The summed E-state index contributed by atoms with van der Waals surface area (Å²) in [6.07, 6.45) is 0. The molecule has 16 heavy (non-hydrogen) atoms. The van der Waals surface area contributed by atoms with E-state index in [0.29, 0.717) is 5.69 Å². The van der Waals surface area contributed by atoms with Crippen LogP contribution in [-0.2, 0) is 10.0 Å². The van der Waals surface area contributed by atoms with Crippen molar-refractivity contribution in [1.82, 2.24) is 0 Å². The number of primary sulfonamides is 1. The van der Waals surface area contributed by atoms with Gasteiger partial charge in [0.25, 0.3) is 0 Å². The van der Waals surface area contributed by atoms with Gasteiger partial charge in [-0.25, -0.2) is 17.9 Å². The number of nitrogens with two attached hydrogens (primary N) is 2. The van der Waals surface area contributed by atoms with E-state index in [1.54, 1.807) is 0 Å². The summed E-state index contributed by atoms with van der Waals surface area (Å²) in [7, 11) is -3.54. The van der Waals surface area contributed by atoms with Crippen molar-refractivity contribution in [2.24, 2.45) is 5.14 Å². The van der Waals surface area contributed by atoms with Crippen LogP contribution in [0.5, 0.6) is 0 Å². The molecule has 0 saturated heterocycles. The molecule has 0 fully saturated rings. The highest BCUT2D eigenvalue weighted by molar-refractivity contribution is 7.89. The number of nitrogen functional groups attached to an aromatic ring is 1. The van der Waals surface area contributed by atoms with Gasteiger partial charge in [0.15, 0.2) is 0 Å². The zero-order valence-electron chi connectivity index (χ0n) is 8.20. The van der Waals surface area contributed by atoms with Crippen LogP contribution in [0.15, 0.2) is 12.1 Å². The maximum absolute atomic E-state index is 12.9. The van der Waals surface area contributed by atoms with Gasteiger partial charge in [0.05, 0.1) is 22.2 Å². The fraction of sp³-hybridized carbons (Fsp3) is 0.250. The van der Waals surface area contributed by atoms with E-state index in [1.807, 2.05) is 0 Å². The average Bonchev–Trinajstić information content (AvgIpc) is 2.11. The van der Waals surface area contributed by atoms with Crippen LogP contribution in [-0.4, -0.2) is 20.7 Å². The molecule has 1 aromatic rings. The molecule has 0 amide bonds. The first kappa shape index (κ1) is 13.0. The monoisotopic (exact) mass is 267 g/mol. The number of sulfonamides is 1. The van der Waals surface area contributed by atoms with E-state index in [9.17, 15) is 12.8 Å². The van der Waals surface area contributed by atoms with Crippen LogP contribution < -0.4 is 16.2 Å². The van der Waals surface area contributed by atoms with E-state index in [4.69, 9.17) is 22.5 Å². The molecule has 0 radical (unpaired) electrons. The van der Waals surface area contributed by atoms with E-state index in [0.717, 1.165) is 6.07 Å². The normalized spacial score (nSPS) is 11.4. The molecule has 0 heterocycles. The largest absolute Gasteiger partial charge is 0.397 e. The Labute approximate surface area is 97.6 Å². The van der Waals surface area contributed by atoms with Gasteiger partial charge in [-0.15, -0.1) is 0 Å². The highest BCUT2D eigenvalue weighted by Crippen LogP contribution is 2.25. The molecule has 90 valence electrons. The smallest absolute Gasteiger partial charge is 0.210 e. The first-order valence-electron chi connectivity index (χ1n) is 4.28. The van der Waals surface area contributed by atoms with Gasteiger partial charge in [-0.2, -0.15) is 0 Å². The van der Waals surface area contributed by atoms with Crippen molar-refractivity contribution >= 4 is 33.0 Å². The minimum Gasteiger partial charge on any atom is -0.397 e. The van der Waals surface area contributed by atoms with Crippen molar-refractivity contribution in [1.29, 1.82) is 0 Å². The highest BCUT2D eigenvalue weighted by Gasteiger charge is 2.07. The molecule has 1 aromatic carbocycles. The van der Waals surface area contributed by atoms with Gasteiger partial charge in [-0.3, -0.25) is 0 Å². The van der Waals surface area contributed by atoms with Gasteiger partial charge < -0.3 is 11.1 Å². The molecular weight excluding hydrogens is 257 g/mol. The van der Waals surface area contributed by atoms with Crippen LogP contribution in [0.4, 0.5) is 15.8 Å². The third-order valence-electron chi connectivity index (χ3n) is 1.79. The summed E-state index contributed by atoms with van der Waals surface area (Å²) in [5, 5.41) is 7.42. The highest BCUT2D eigenvalue weighted by atomic mass is 35.5. The van der Waals surface area contributed by atoms with E-state index in [1.165, 1.54) is 6.07 Å².